The van der Waals surface area contributed by atoms with E-state index in [2.05, 4.69) is 15.6 Å². The van der Waals surface area contributed by atoms with Crippen molar-refractivity contribution in [3.8, 4) is 0 Å². The summed E-state index contributed by atoms with van der Waals surface area (Å²) in [4.78, 5) is 27.8. The molecule has 0 atom stereocenters. The molecule has 0 unspecified atom stereocenters. The summed E-state index contributed by atoms with van der Waals surface area (Å²) in [5.74, 6) is 0.0994. The number of hydrogen-bond donors (Lipinski definition) is 2. The van der Waals surface area contributed by atoms with E-state index in [0.29, 0.717) is 17.9 Å². The summed E-state index contributed by atoms with van der Waals surface area (Å²) in [7, 11) is 0. The average Bonchev–Trinajstić information content (AvgIpc) is 3.20. The van der Waals surface area contributed by atoms with Crippen LogP contribution in [0.2, 0.25) is 0 Å². The van der Waals surface area contributed by atoms with Crippen molar-refractivity contribution in [2.75, 3.05) is 6.54 Å². The van der Waals surface area contributed by atoms with Crippen LogP contribution in [0.25, 0.3) is 10.2 Å². The lowest BCUT2D eigenvalue weighted by Gasteiger charge is -2.06. The van der Waals surface area contributed by atoms with E-state index in [4.69, 9.17) is 4.42 Å². The van der Waals surface area contributed by atoms with Crippen molar-refractivity contribution in [2.45, 2.75) is 6.54 Å². The number of thiazole rings is 1. The third kappa shape index (κ3) is 3.32. The monoisotopic (exact) mass is 315 g/mol. The quantitative estimate of drug-likeness (QED) is 0.753. The molecule has 2 heterocycles. The van der Waals surface area contributed by atoms with Crippen LogP contribution < -0.4 is 10.6 Å². The number of rotatable bonds is 5. The standard InChI is InChI=1S/C15H13N3O3S/c19-14(16-7-11-2-1-5-21-11)8-17-15(20)10-3-4-12-13(6-10)22-9-18-12/h1-6,9H,7-8H2,(H,16,19)(H,17,20). The zero-order valence-electron chi connectivity index (χ0n) is 11.5. The third-order valence-corrected chi connectivity index (χ3v) is 3.83. The molecule has 3 rings (SSSR count). The Kier molecular flexibility index (Phi) is 4.15. The van der Waals surface area contributed by atoms with Crippen LogP contribution in [0, 0.1) is 0 Å². The minimum Gasteiger partial charge on any atom is -0.467 e. The number of benzene rings is 1. The molecule has 22 heavy (non-hydrogen) atoms. The average molecular weight is 315 g/mol. The Labute approximate surface area is 130 Å². The number of carbonyl (C=O) groups is 2. The number of furan rings is 1. The zero-order valence-corrected chi connectivity index (χ0v) is 12.4. The highest BCUT2D eigenvalue weighted by Gasteiger charge is 2.09. The first-order chi connectivity index (χ1) is 10.7. The van der Waals surface area contributed by atoms with E-state index in [1.807, 2.05) is 0 Å². The van der Waals surface area contributed by atoms with Gasteiger partial charge in [0.15, 0.2) is 0 Å². The Bertz CT molecular complexity index is 795. The molecular weight excluding hydrogens is 302 g/mol. The van der Waals surface area contributed by atoms with Gasteiger partial charge in [-0.05, 0) is 30.3 Å². The van der Waals surface area contributed by atoms with E-state index >= 15 is 0 Å². The molecule has 0 radical (unpaired) electrons. The maximum absolute atomic E-state index is 12.0. The summed E-state index contributed by atoms with van der Waals surface area (Å²) in [5, 5.41) is 5.25. The second-order valence-corrected chi connectivity index (χ2v) is 5.46. The van der Waals surface area contributed by atoms with Gasteiger partial charge in [0.2, 0.25) is 5.91 Å². The van der Waals surface area contributed by atoms with Gasteiger partial charge in [-0.1, -0.05) is 0 Å². The molecule has 0 aliphatic rings. The van der Waals surface area contributed by atoms with Crippen molar-refractivity contribution < 1.29 is 14.0 Å². The van der Waals surface area contributed by atoms with E-state index in [1.165, 1.54) is 11.3 Å². The summed E-state index contributed by atoms with van der Waals surface area (Å²) in [6.45, 7) is 0.217. The predicted octanol–water partition coefficient (Wildman–Crippen LogP) is 1.94. The molecule has 7 heteroatoms. The minimum absolute atomic E-state index is 0.0831. The molecule has 3 aromatic rings. The van der Waals surface area contributed by atoms with E-state index in [0.717, 1.165) is 10.2 Å². The zero-order chi connectivity index (χ0) is 15.4. The summed E-state index contributed by atoms with van der Waals surface area (Å²) >= 11 is 1.47. The van der Waals surface area contributed by atoms with Crippen molar-refractivity contribution in [1.82, 2.24) is 15.6 Å². The predicted molar refractivity (Wildman–Crippen MR) is 82.5 cm³/mol. The molecule has 0 spiro atoms. The molecule has 0 aliphatic heterocycles. The van der Waals surface area contributed by atoms with E-state index < -0.39 is 0 Å². The third-order valence-electron chi connectivity index (χ3n) is 3.04. The molecule has 112 valence electrons. The van der Waals surface area contributed by atoms with E-state index in [9.17, 15) is 9.59 Å². The van der Waals surface area contributed by atoms with Crippen LogP contribution in [0.15, 0.2) is 46.5 Å². The van der Waals surface area contributed by atoms with Gasteiger partial charge in [-0.25, -0.2) is 4.98 Å². The highest BCUT2D eigenvalue weighted by Crippen LogP contribution is 2.18. The van der Waals surface area contributed by atoms with E-state index in [1.54, 1.807) is 42.1 Å². The number of nitrogens with one attached hydrogen (secondary N) is 2. The summed E-state index contributed by atoms with van der Waals surface area (Å²) in [6, 6.07) is 8.76. The van der Waals surface area contributed by atoms with Crippen LogP contribution >= 0.6 is 11.3 Å². The van der Waals surface area contributed by atoms with E-state index in [-0.39, 0.29) is 18.4 Å². The summed E-state index contributed by atoms with van der Waals surface area (Å²) in [6.07, 6.45) is 1.54. The SMILES string of the molecule is O=C(CNC(=O)c1ccc2ncsc2c1)NCc1ccco1. The van der Waals surface area contributed by atoms with Gasteiger partial charge >= 0.3 is 0 Å². The lowest BCUT2D eigenvalue weighted by Crippen LogP contribution is -2.36. The molecule has 0 fully saturated rings. The molecular formula is C15H13N3O3S. The Morgan fingerprint density at radius 2 is 2.14 bits per heavy atom. The van der Waals surface area contributed by atoms with Gasteiger partial charge in [0.1, 0.15) is 5.76 Å². The fourth-order valence-electron chi connectivity index (χ4n) is 1.92. The smallest absolute Gasteiger partial charge is 0.251 e. The normalized spacial score (nSPS) is 10.5. The minimum atomic E-state index is -0.288. The Hall–Kier alpha value is -2.67. The first-order valence-electron chi connectivity index (χ1n) is 6.63. The van der Waals surface area contributed by atoms with Gasteiger partial charge < -0.3 is 15.1 Å². The number of aromatic nitrogens is 1. The number of fused-ring (bicyclic) bond motifs is 1. The molecule has 2 N–H and O–H groups in total. The highest BCUT2D eigenvalue weighted by molar-refractivity contribution is 7.16. The second-order valence-electron chi connectivity index (χ2n) is 4.57. The molecule has 1 aromatic carbocycles. The van der Waals surface area contributed by atoms with Crippen LogP contribution in [0.3, 0.4) is 0 Å². The van der Waals surface area contributed by atoms with Gasteiger partial charge in [0, 0.05) is 5.56 Å². The fraction of sp³-hybridized carbons (Fsp3) is 0.133. The number of carbonyl (C=O) groups excluding carboxylic acids is 2. The Morgan fingerprint density at radius 3 is 2.95 bits per heavy atom. The van der Waals surface area contributed by atoms with Crippen molar-refractivity contribution in [3.05, 3.63) is 53.4 Å². The Balaban J connectivity index is 1.51. The summed E-state index contributed by atoms with van der Waals surface area (Å²) < 4.78 is 6.04. The maximum atomic E-state index is 12.0. The van der Waals surface area contributed by atoms with Crippen molar-refractivity contribution in [2.24, 2.45) is 0 Å². The first-order valence-corrected chi connectivity index (χ1v) is 7.51. The largest absolute Gasteiger partial charge is 0.467 e. The topological polar surface area (TPSA) is 84.2 Å². The van der Waals surface area contributed by atoms with Gasteiger partial charge in [0.05, 0.1) is 35.1 Å². The lowest BCUT2D eigenvalue weighted by atomic mass is 10.2. The molecule has 0 aliphatic carbocycles. The molecule has 6 nitrogen and oxygen atoms in total. The van der Waals surface area contributed by atoms with Crippen LogP contribution in [-0.2, 0) is 11.3 Å². The summed E-state index contributed by atoms with van der Waals surface area (Å²) in [5.41, 5.74) is 3.10. The lowest BCUT2D eigenvalue weighted by molar-refractivity contribution is -0.120. The maximum Gasteiger partial charge on any atom is 0.251 e. The number of hydrogen-bond acceptors (Lipinski definition) is 5. The molecule has 0 bridgehead atoms. The van der Waals surface area contributed by atoms with Crippen LogP contribution in [0.4, 0.5) is 0 Å². The number of nitrogens with zero attached hydrogens (tertiary/aromatic N) is 1. The van der Waals surface area contributed by atoms with Crippen LogP contribution in [-0.4, -0.2) is 23.3 Å². The Morgan fingerprint density at radius 1 is 1.23 bits per heavy atom. The first kappa shape index (κ1) is 14.3. The van der Waals surface area contributed by atoms with Crippen molar-refractivity contribution in [3.63, 3.8) is 0 Å². The van der Waals surface area contributed by atoms with Crippen LogP contribution in [0.1, 0.15) is 16.1 Å². The molecule has 2 aromatic heterocycles. The number of amides is 2. The van der Waals surface area contributed by atoms with Crippen molar-refractivity contribution in [1.29, 1.82) is 0 Å². The molecule has 0 saturated heterocycles. The van der Waals surface area contributed by atoms with Gasteiger partial charge in [-0.2, -0.15) is 0 Å². The van der Waals surface area contributed by atoms with Crippen molar-refractivity contribution >= 4 is 33.4 Å². The van der Waals surface area contributed by atoms with Gasteiger partial charge in [-0.3, -0.25) is 9.59 Å². The van der Waals surface area contributed by atoms with Gasteiger partial charge in [0.25, 0.3) is 5.91 Å². The molecule has 2 amide bonds. The fourth-order valence-corrected chi connectivity index (χ4v) is 2.64. The highest BCUT2D eigenvalue weighted by atomic mass is 32.1. The van der Waals surface area contributed by atoms with Gasteiger partial charge in [-0.15, -0.1) is 11.3 Å². The second kappa shape index (κ2) is 6.40. The van der Waals surface area contributed by atoms with Crippen LogP contribution in [0.5, 0.6) is 0 Å². The molecule has 0 saturated carbocycles.